The van der Waals surface area contributed by atoms with E-state index in [2.05, 4.69) is 5.32 Å². The Kier molecular flexibility index (Phi) is 4.42. The number of benzene rings is 2. The summed E-state index contributed by atoms with van der Waals surface area (Å²) in [4.78, 5) is 13.6. The molecule has 0 fully saturated rings. The van der Waals surface area contributed by atoms with E-state index < -0.39 is 0 Å². The van der Waals surface area contributed by atoms with Gasteiger partial charge in [-0.2, -0.15) is 0 Å². The summed E-state index contributed by atoms with van der Waals surface area (Å²) in [5.41, 5.74) is 8.65. The van der Waals surface area contributed by atoms with E-state index in [1.165, 1.54) is 12.1 Å². The number of nitrogens with one attached hydrogen (secondary N) is 1. The molecule has 0 spiro atoms. The van der Waals surface area contributed by atoms with Crippen LogP contribution in [0.15, 0.2) is 42.5 Å². The van der Waals surface area contributed by atoms with E-state index >= 15 is 0 Å². The monoisotopic (exact) mass is 287 g/mol. The lowest BCUT2D eigenvalue weighted by atomic mass is 10.1. The van der Waals surface area contributed by atoms with Gasteiger partial charge in [0, 0.05) is 26.2 Å². The zero-order valence-corrected chi connectivity index (χ0v) is 12.1. The fraction of sp³-hybridized carbons (Fsp3) is 0.188. The number of anilines is 2. The maximum atomic E-state index is 13.2. The fourth-order valence-corrected chi connectivity index (χ4v) is 2.15. The Morgan fingerprint density at radius 1 is 1.29 bits per heavy atom. The molecule has 0 atom stereocenters. The second kappa shape index (κ2) is 6.26. The first-order valence-corrected chi connectivity index (χ1v) is 6.58. The highest BCUT2D eigenvalue weighted by atomic mass is 19.1. The lowest BCUT2D eigenvalue weighted by Crippen LogP contribution is -2.21. The molecule has 0 saturated heterocycles. The minimum atomic E-state index is -0.270. The average Bonchev–Trinajstić information content (AvgIpc) is 2.46. The standard InChI is InChI=1S/C16H18FN3O/c1-19-16(21)12-6-7-14(18)15(9-12)20(2)10-11-4-3-5-13(17)8-11/h3-9H,10,18H2,1-2H3,(H,19,21). The summed E-state index contributed by atoms with van der Waals surface area (Å²) in [6, 6.07) is 11.5. The quantitative estimate of drug-likeness (QED) is 0.849. The lowest BCUT2D eigenvalue weighted by Gasteiger charge is -2.22. The summed E-state index contributed by atoms with van der Waals surface area (Å²) in [6.07, 6.45) is 0. The van der Waals surface area contributed by atoms with E-state index in [-0.39, 0.29) is 11.7 Å². The van der Waals surface area contributed by atoms with Crippen LogP contribution in [0.5, 0.6) is 0 Å². The van der Waals surface area contributed by atoms with E-state index in [4.69, 9.17) is 5.73 Å². The van der Waals surface area contributed by atoms with Crippen molar-refractivity contribution in [2.24, 2.45) is 0 Å². The molecule has 0 aromatic heterocycles. The van der Waals surface area contributed by atoms with Crippen molar-refractivity contribution in [1.82, 2.24) is 5.32 Å². The van der Waals surface area contributed by atoms with Crippen molar-refractivity contribution in [3.8, 4) is 0 Å². The van der Waals surface area contributed by atoms with Crippen LogP contribution < -0.4 is 16.0 Å². The smallest absolute Gasteiger partial charge is 0.251 e. The van der Waals surface area contributed by atoms with Gasteiger partial charge in [-0.15, -0.1) is 0 Å². The Labute approximate surface area is 123 Å². The van der Waals surface area contributed by atoms with Gasteiger partial charge in [-0.3, -0.25) is 4.79 Å². The maximum Gasteiger partial charge on any atom is 0.251 e. The van der Waals surface area contributed by atoms with Gasteiger partial charge < -0.3 is 16.0 Å². The van der Waals surface area contributed by atoms with Crippen molar-refractivity contribution >= 4 is 17.3 Å². The topological polar surface area (TPSA) is 58.4 Å². The minimum Gasteiger partial charge on any atom is -0.397 e. The second-order valence-electron chi connectivity index (χ2n) is 4.84. The zero-order chi connectivity index (χ0) is 15.4. The molecule has 5 heteroatoms. The number of amides is 1. The molecule has 110 valence electrons. The van der Waals surface area contributed by atoms with Crippen LogP contribution in [0.2, 0.25) is 0 Å². The van der Waals surface area contributed by atoms with Crippen LogP contribution >= 0.6 is 0 Å². The Morgan fingerprint density at radius 3 is 2.71 bits per heavy atom. The largest absolute Gasteiger partial charge is 0.397 e. The van der Waals surface area contributed by atoms with E-state index in [1.807, 2.05) is 18.0 Å². The summed E-state index contributed by atoms with van der Waals surface area (Å²) in [5, 5.41) is 2.58. The summed E-state index contributed by atoms with van der Waals surface area (Å²) < 4.78 is 13.2. The van der Waals surface area contributed by atoms with Crippen molar-refractivity contribution in [3.05, 3.63) is 59.4 Å². The molecule has 0 saturated carbocycles. The maximum absolute atomic E-state index is 13.2. The van der Waals surface area contributed by atoms with Crippen LogP contribution in [0, 0.1) is 5.82 Å². The molecule has 3 N–H and O–H groups in total. The molecular formula is C16H18FN3O. The van der Waals surface area contributed by atoms with Gasteiger partial charge in [-0.25, -0.2) is 4.39 Å². The van der Waals surface area contributed by atoms with Gasteiger partial charge in [0.1, 0.15) is 5.82 Å². The number of carbonyl (C=O) groups excluding carboxylic acids is 1. The van der Waals surface area contributed by atoms with Crippen LogP contribution in [0.4, 0.5) is 15.8 Å². The van der Waals surface area contributed by atoms with Crippen LogP contribution in [-0.2, 0) is 6.54 Å². The van der Waals surface area contributed by atoms with E-state index in [9.17, 15) is 9.18 Å². The zero-order valence-electron chi connectivity index (χ0n) is 12.1. The van der Waals surface area contributed by atoms with Crippen molar-refractivity contribution < 1.29 is 9.18 Å². The normalized spacial score (nSPS) is 10.2. The van der Waals surface area contributed by atoms with E-state index in [1.54, 1.807) is 31.3 Å². The molecule has 0 aliphatic carbocycles. The third-order valence-electron chi connectivity index (χ3n) is 3.24. The number of hydrogen-bond acceptors (Lipinski definition) is 3. The highest BCUT2D eigenvalue weighted by Crippen LogP contribution is 2.25. The molecular weight excluding hydrogens is 269 g/mol. The molecule has 2 rings (SSSR count). The predicted molar refractivity (Wildman–Crippen MR) is 82.8 cm³/mol. The van der Waals surface area contributed by atoms with Crippen molar-refractivity contribution in [3.63, 3.8) is 0 Å². The number of nitrogen functional groups attached to an aromatic ring is 1. The minimum absolute atomic E-state index is 0.171. The van der Waals surface area contributed by atoms with Crippen molar-refractivity contribution in [2.45, 2.75) is 6.54 Å². The van der Waals surface area contributed by atoms with Gasteiger partial charge in [0.15, 0.2) is 0 Å². The van der Waals surface area contributed by atoms with Gasteiger partial charge in [0.25, 0.3) is 5.91 Å². The van der Waals surface area contributed by atoms with E-state index in [0.29, 0.717) is 17.8 Å². The van der Waals surface area contributed by atoms with Crippen molar-refractivity contribution in [2.75, 3.05) is 24.7 Å². The molecule has 0 heterocycles. The molecule has 0 aliphatic heterocycles. The summed E-state index contributed by atoms with van der Waals surface area (Å²) >= 11 is 0. The van der Waals surface area contributed by atoms with Gasteiger partial charge in [0.2, 0.25) is 0 Å². The Hall–Kier alpha value is -2.56. The predicted octanol–water partition coefficient (Wildman–Crippen LogP) is 2.40. The Morgan fingerprint density at radius 2 is 2.05 bits per heavy atom. The van der Waals surface area contributed by atoms with Gasteiger partial charge in [0.05, 0.1) is 11.4 Å². The SMILES string of the molecule is CNC(=O)c1ccc(N)c(N(C)Cc2cccc(F)c2)c1. The summed E-state index contributed by atoms with van der Waals surface area (Å²) in [5.74, 6) is -0.441. The molecule has 1 amide bonds. The number of carbonyl (C=O) groups is 1. The lowest BCUT2D eigenvalue weighted by molar-refractivity contribution is 0.0963. The fourth-order valence-electron chi connectivity index (χ4n) is 2.15. The number of hydrogen-bond donors (Lipinski definition) is 2. The molecule has 0 aliphatic rings. The first-order chi connectivity index (χ1) is 10.0. The third-order valence-corrected chi connectivity index (χ3v) is 3.24. The molecule has 0 radical (unpaired) electrons. The van der Waals surface area contributed by atoms with Crippen LogP contribution in [0.3, 0.4) is 0 Å². The van der Waals surface area contributed by atoms with Crippen LogP contribution in [0.1, 0.15) is 15.9 Å². The summed E-state index contributed by atoms with van der Waals surface area (Å²) in [7, 11) is 3.43. The first kappa shape index (κ1) is 14.8. The van der Waals surface area contributed by atoms with Crippen molar-refractivity contribution in [1.29, 1.82) is 0 Å². The highest BCUT2D eigenvalue weighted by molar-refractivity contribution is 5.96. The van der Waals surface area contributed by atoms with Gasteiger partial charge in [-0.05, 0) is 35.9 Å². The number of nitrogens with zero attached hydrogens (tertiary/aromatic N) is 1. The second-order valence-corrected chi connectivity index (χ2v) is 4.84. The van der Waals surface area contributed by atoms with Crippen LogP contribution in [-0.4, -0.2) is 20.0 Å². The molecule has 2 aromatic rings. The Bertz CT molecular complexity index is 658. The molecule has 2 aromatic carbocycles. The molecule has 4 nitrogen and oxygen atoms in total. The highest BCUT2D eigenvalue weighted by Gasteiger charge is 2.11. The van der Waals surface area contributed by atoms with Gasteiger partial charge in [-0.1, -0.05) is 12.1 Å². The molecule has 0 bridgehead atoms. The Balaban J connectivity index is 2.26. The summed E-state index contributed by atoms with van der Waals surface area (Å²) in [6.45, 7) is 0.499. The number of halogens is 1. The molecule has 0 unspecified atom stereocenters. The third kappa shape index (κ3) is 3.51. The van der Waals surface area contributed by atoms with Crippen LogP contribution in [0.25, 0.3) is 0 Å². The van der Waals surface area contributed by atoms with E-state index in [0.717, 1.165) is 11.3 Å². The number of nitrogens with two attached hydrogens (primary N) is 1. The van der Waals surface area contributed by atoms with Gasteiger partial charge >= 0.3 is 0 Å². The average molecular weight is 287 g/mol. The first-order valence-electron chi connectivity index (χ1n) is 6.58. The molecule has 21 heavy (non-hydrogen) atoms. The number of rotatable bonds is 4.